The number of nitrogens with one attached hydrogen (secondary N) is 2. The topological polar surface area (TPSA) is 50.4 Å². The second-order valence-corrected chi connectivity index (χ2v) is 6.03. The molecule has 2 N–H and O–H groups in total. The number of anilines is 1. The Morgan fingerprint density at radius 2 is 1.77 bits per heavy atom. The Balaban J connectivity index is 1.93. The number of carbonyl (C=O) groups excluding carboxylic acids is 1. The SMILES string of the molecule is CCOc1ccc(C(=O)NC(=S)Nc2ccc(I)cc2)cc1. The zero-order valence-corrected chi connectivity index (χ0v) is 14.9. The van der Waals surface area contributed by atoms with Crippen molar-refractivity contribution in [2.75, 3.05) is 11.9 Å². The molecule has 0 unspecified atom stereocenters. The van der Waals surface area contributed by atoms with Crippen LogP contribution in [0.3, 0.4) is 0 Å². The average Bonchev–Trinajstić information content (AvgIpc) is 2.50. The van der Waals surface area contributed by atoms with Crippen LogP contribution >= 0.6 is 34.8 Å². The van der Waals surface area contributed by atoms with Crippen molar-refractivity contribution in [1.29, 1.82) is 0 Å². The maximum absolute atomic E-state index is 12.1. The first-order chi connectivity index (χ1) is 10.6. The second kappa shape index (κ2) is 8.09. The number of ether oxygens (including phenoxy) is 1. The molecule has 0 saturated heterocycles. The van der Waals surface area contributed by atoms with E-state index in [9.17, 15) is 4.79 Å². The van der Waals surface area contributed by atoms with Gasteiger partial charge in [0.1, 0.15) is 5.75 Å². The number of hydrogen-bond acceptors (Lipinski definition) is 3. The first kappa shape index (κ1) is 16.7. The summed E-state index contributed by atoms with van der Waals surface area (Å²) in [5, 5.41) is 5.89. The third-order valence-corrected chi connectivity index (χ3v) is 3.68. The summed E-state index contributed by atoms with van der Waals surface area (Å²) in [6.45, 7) is 2.50. The van der Waals surface area contributed by atoms with Crippen LogP contribution in [0.2, 0.25) is 0 Å². The number of hydrogen-bond donors (Lipinski definition) is 2. The van der Waals surface area contributed by atoms with E-state index in [1.165, 1.54) is 0 Å². The van der Waals surface area contributed by atoms with Crippen LogP contribution in [0.4, 0.5) is 5.69 Å². The lowest BCUT2D eigenvalue weighted by Crippen LogP contribution is -2.34. The van der Waals surface area contributed by atoms with Crippen LogP contribution in [0.5, 0.6) is 5.75 Å². The Morgan fingerprint density at radius 1 is 1.14 bits per heavy atom. The number of amides is 1. The summed E-state index contributed by atoms with van der Waals surface area (Å²) in [4.78, 5) is 12.1. The molecule has 114 valence electrons. The molecule has 2 aromatic carbocycles. The molecule has 0 heterocycles. The smallest absolute Gasteiger partial charge is 0.257 e. The molecule has 22 heavy (non-hydrogen) atoms. The lowest BCUT2D eigenvalue weighted by atomic mass is 10.2. The van der Waals surface area contributed by atoms with Crippen molar-refractivity contribution in [1.82, 2.24) is 5.32 Å². The lowest BCUT2D eigenvalue weighted by molar-refractivity contribution is 0.0977. The Kier molecular flexibility index (Phi) is 6.14. The van der Waals surface area contributed by atoms with Gasteiger partial charge in [-0.05, 0) is 90.3 Å². The predicted octanol–water partition coefficient (Wildman–Crippen LogP) is 3.82. The van der Waals surface area contributed by atoms with E-state index in [4.69, 9.17) is 17.0 Å². The maximum atomic E-state index is 12.1. The van der Waals surface area contributed by atoms with Crippen LogP contribution in [0.15, 0.2) is 48.5 Å². The first-order valence-electron chi connectivity index (χ1n) is 6.69. The highest BCUT2D eigenvalue weighted by Crippen LogP contribution is 2.13. The molecule has 0 bridgehead atoms. The van der Waals surface area contributed by atoms with Crippen molar-refractivity contribution >= 4 is 51.5 Å². The molecule has 0 atom stereocenters. The molecule has 0 aliphatic carbocycles. The minimum absolute atomic E-state index is 0.258. The summed E-state index contributed by atoms with van der Waals surface area (Å²) in [6, 6.07) is 14.6. The highest BCUT2D eigenvalue weighted by Gasteiger charge is 2.08. The quantitative estimate of drug-likeness (QED) is 0.577. The van der Waals surface area contributed by atoms with Gasteiger partial charge in [-0.3, -0.25) is 10.1 Å². The third-order valence-electron chi connectivity index (χ3n) is 2.76. The molecule has 2 rings (SSSR count). The molecular formula is C16H15IN2O2S. The van der Waals surface area contributed by atoms with Crippen LogP contribution in [0.25, 0.3) is 0 Å². The van der Waals surface area contributed by atoms with Crippen molar-refractivity contribution in [3.8, 4) is 5.75 Å². The fraction of sp³-hybridized carbons (Fsp3) is 0.125. The number of rotatable bonds is 4. The zero-order chi connectivity index (χ0) is 15.9. The van der Waals surface area contributed by atoms with Gasteiger partial charge >= 0.3 is 0 Å². The first-order valence-corrected chi connectivity index (χ1v) is 8.18. The number of thiocarbonyl (C=S) groups is 1. The van der Waals surface area contributed by atoms with Gasteiger partial charge in [0.2, 0.25) is 0 Å². The van der Waals surface area contributed by atoms with Gasteiger partial charge in [0, 0.05) is 14.8 Å². The van der Waals surface area contributed by atoms with Crippen LogP contribution in [-0.2, 0) is 0 Å². The minimum Gasteiger partial charge on any atom is -0.494 e. The van der Waals surface area contributed by atoms with Gasteiger partial charge in [-0.25, -0.2) is 0 Å². The highest BCUT2D eigenvalue weighted by atomic mass is 127. The zero-order valence-electron chi connectivity index (χ0n) is 11.9. The van der Waals surface area contributed by atoms with Gasteiger partial charge in [0.05, 0.1) is 6.61 Å². The van der Waals surface area contributed by atoms with Crippen molar-refractivity contribution in [3.05, 3.63) is 57.7 Å². The van der Waals surface area contributed by atoms with Gasteiger partial charge in [0.25, 0.3) is 5.91 Å². The summed E-state index contributed by atoms with van der Waals surface area (Å²) in [5.41, 5.74) is 1.35. The Bertz CT molecular complexity index is 657. The van der Waals surface area contributed by atoms with Crippen molar-refractivity contribution < 1.29 is 9.53 Å². The standard InChI is InChI=1S/C16H15IN2O2S/c1-2-21-14-9-3-11(4-10-14)15(20)19-16(22)18-13-7-5-12(17)6-8-13/h3-10H,2H2,1H3,(H2,18,19,20,22). The number of halogens is 1. The Labute approximate surface area is 148 Å². The molecule has 0 spiro atoms. The fourth-order valence-corrected chi connectivity index (χ4v) is 2.31. The van der Waals surface area contributed by atoms with Crippen LogP contribution in [0, 0.1) is 3.57 Å². The van der Waals surface area contributed by atoms with E-state index >= 15 is 0 Å². The monoisotopic (exact) mass is 426 g/mol. The lowest BCUT2D eigenvalue weighted by Gasteiger charge is -2.10. The number of benzene rings is 2. The Hall–Kier alpha value is -1.67. The average molecular weight is 426 g/mol. The van der Waals surface area contributed by atoms with Gasteiger partial charge in [-0.2, -0.15) is 0 Å². The van der Waals surface area contributed by atoms with Crippen LogP contribution in [-0.4, -0.2) is 17.6 Å². The third kappa shape index (κ3) is 4.96. The normalized spacial score (nSPS) is 9.91. The van der Waals surface area contributed by atoms with Crippen molar-refractivity contribution in [3.63, 3.8) is 0 Å². The van der Waals surface area contributed by atoms with E-state index in [0.717, 1.165) is 15.0 Å². The summed E-state index contributed by atoms with van der Waals surface area (Å²) in [6.07, 6.45) is 0. The van der Waals surface area contributed by atoms with Crippen LogP contribution in [0.1, 0.15) is 17.3 Å². The molecular weight excluding hydrogens is 411 g/mol. The van der Waals surface area contributed by atoms with E-state index in [-0.39, 0.29) is 11.0 Å². The molecule has 0 saturated carbocycles. The molecule has 0 fully saturated rings. The summed E-state index contributed by atoms with van der Waals surface area (Å²) >= 11 is 7.37. The predicted molar refractivity (Wildman–Crippen MR) is 100 cm³/mol. The number of carbonyl (C=O) groups is 1. The van der Waals surface area contributed by atoms with Crippen molar-refractivity contribution in [2.24, 2.45) is 0 Å². The van der Waals surface area contributed by atoms with E-state index < -0.39 is 0 Å². The fourth-order valence-electron chi connectivity index (χ4n) is 1.74. The molecule has 2 aromatic rings. The molecule has 0 aliphatic rings. The van der Waals surface area contributed by atoms with E-state index in [2.05, 4.69) is 33.2 Å². The maximum Gasteiger partial charge on any atom is 0.257 e. The molecule has 6 heteroatoms. The highest BCUT2D eigenvalue weighted by molar-refractivity contribution is 14.1. The van der Waals surface area contributed by atoms with E-state index in [0.29, 0.717) is 12.2 Å². The van der Waals surface area contributed by atoms with E-state index in [1.807, 2.05) is 31.2 Å². The van der Waals surface area contributed by atoms with Crippen molar-refractivity contribution in [2.45, 2.75) is 6.92 Å². The van der Waals surface area contributed by atoms with Crippen LogP contribution < -0.4 is 15.4 Å². The summed E-state index contributed by atoms with van der Waals surface area (Å²) in [7, 11) is 0. The second-order valence-electron chi connectivity index (χ2n) is 4.37. The Morgan fingerprint density at radius 3 is 2.36 bits per heavy atom. The largest absolute Gasteiger partial charge is 0.494 e. The van der Waals surface area contributed by atoms with Gasteiger partial charge < -0.3 is 10.1 Å². The molecule has 0 aliphatic heterocycles. The van der Waals surface area contributed by atoms with Gasteiger partial charge in [-0.15, -0.1) is 0 Å². The summed E-state index contributed by atoms with van der Waals surface area (Å²) in [5.74, 6) is 0.477. The molecule has 0 aromatic heterocycles. The molecule has 4 nitrogen and oxygen atoms in total. The van der Waals surface area contributed by atoms with Gasteiger partial charge in [0.15, 0.2) is 5.11 Å². The summed E-state index contributed by atoms with van der Waals surface area (Å²) < 4.78 is 6.47. The van der Waals surface area contributed by atoms with Gasteiger partial charge in [-0.1, -0.05) is 0 Å². The molecule has 0 radical (unpaired) electrons. The van der Waals surface area contributed by atoms with E-state index in [1.54, 1.807) is 24.3 Å². The minimum atomic E-state index is -0.258. The molecule has 1 amide bonds.